The number of hydrogen-bond acceptors (Lipinski definition) is 5. The van der Waals surface area contributed by atoms with Crippen LogP contribution in [0.15, 0.2) is 0 Å². The number of sulfonamides is 1. The summed E-state index contributed by atoms with van der Waals surface area (Å²) in [4.78, 5) is 11.8. The largest absolute Gasteiger partial charge is 0.394 e. The Morgan fingerprint density at radius 2 is 2.00 bits per heavy atom. The van der Waals surface area contributed by atoms with Crippen LogP contribution in [0.2, 0.25) is 0 Å². The summed E-state index contributed by atoms with van der Waals surface area (Å²) in [5, 5.41) is 12.4. The molecule has 128 valence electrons. The van der Waals surface area contributed by atoms with Crippen LogP contribution in [0.1, 0.15) is 39.0 Å². The molecular formula is C14H26N2O5S. The molecule has 1 saturated carbocycles. The number of aliphatic hydroxyl groups is 1. The molecule has 3 atom stereocenters. The van der Waals surface area contributed by atoms with Crippen molar-refractivity contribution in [2.45, 2.75) is 57.3 Å². The minimum Gasteiger partial charge on any atom is -0.394 e. The molecule has 1 aliphatic carbocycles. The van der Waals surface area contributed by atoms with E-state index in [2.05, 4.69) is 10.0 Å². The molecule has 7 nitrogen and oxygen atoms in total. The molecule has 1 heterocycles. The van der Waals surface area contributed by atoms with Gasteiger partial charge in [-0.15, -0.1) is 0 Å². The van der Waals surface area contributed by atoms with E-state index in [1.807, 2.05) is 0 Å². The van der Waals surface area contributed by atoms with Crippen molar-refractivity contribution in [3.05, 3.63) is 0 Å². The summed E-state index contributed by atoms with van der Waals surface area (Å²) in [5.41, 5.74) is 0. The predicted molar refractivity (Wildman–Crippen MR) is 81.7 cm³/mol. The van der Waals surface area contributed by atoms with E-state index in [0.29, 0.717) is 13.0 Å². The number of rotatable bonds is 8. The van der Waals surface area contributed by atoms with Gasteiger partial charge >= 0.3 is 0 Å². The maximum absolute atomic E-state index is 11.8. The van der Waals surface area contributed by atoms with Crippen molar-refractivity contribution in [1.29, 1.82) is 0 Å². The van der Waals surface area contributed by atoms with Gasteiger partial charge in [-0.3, -0.25) is 4.79 Å². The highest BCUT2D eigenvalue weighted by Crippen LogP contribution is 2.30. The number of aliphatic hydroxyl groups excluding tert-OH is 1. The van der Waals surface area contributed by atoms with E-state index in [4.69, 9.17) is 4.74 Å². The Balaban J connectivity index is 1.75. The third kappa shape index (κ3) is 5.19. The average Bonchev–Trinajstić information content (AvgIpc) is 3.33. The number of amides is 1. The molecule has 0 aromatic heterocycles. The number of ether oxygens (including phenoxy) is 1. The number of hydrogen-bond donors (Lipinski definition) is 3. The first-order valence-electron chi connectivity index (χ1n) is 7.99. The quantitative estimate of drug-likeness (QED) is 0.568. The summed E-state index contributed by atoms with van der Waals surface area (Å²) in [7, 11) is -3.18. The van der Waals surface area contributed by atoms with Crippen LogP contribution >= 0.6 is 0 Å². The van der Waals surface area contributed by atoms with Gasteiger partial charge in [-0.25, -0.2) is 13.1 Å². The zero-order chi connectivity index (χ0) is 16.2. The minimum atomic E-state index is -3.18. The SMILES string of the molecule is CCS(=O)(=O)NCC[C@H]1CC[C@H](NC(=O)C2CC2)[C@H](CO)O1. The molecule has 0 spiro atoms. The van der Waals surface area contributed by atoms with Crippen LogP contribution < -0.4 is 10.0 Å². The van der Waals surface area contributed by atoms with Gasteiger partial charge in [0.05, 0.1) is 24.5 Å². The first-order valence-corrected chi connectivity index (χ1v) is 9.64. The van der Waals surface area contributed by atoms with Crippen LogP contribution in [0, 0.1) is 5.92 Å². The Kier molecular flexibility index (Phi) is 6.19. The predicted octanol–water partition coefficient (Wildman–Crippen LogP) is -0.249. The van der Waals surface area contributed by atoms with Crippen LogP contribution in [0.4, 0.5) is 0 Å². The summed E-state index contributed by atoms with van der Waals surface area (Å²) in [5.74, 6) is 0.259. The lowest BCUT2D eigenvalue weighted by atomic mass is 9.97. The summed E-state index contributed by atoms with van der Waals surface area (Å²) >= 11 is 0. The van der Waals surface area contributed by atoms with Gasteiger partial charge in [0.15, 0.2) is 0 Å². The molecule has 0 bridgehead atoms. The Morgan fingerprint density at radius 3 is 2.59 bits per heavy atom. The monoisotopic (exact) mass is 334 g/mol. The summed E-state index contributed by atoms with van der Waals surface area (Å²) in [6, 6.07) is -0.151. The van der Waals surface area contributed by atoms with Gasteiger partial charge in [0.25, 0.3) is 0 Å². The van der Waals surface area contributed by atoms with E-state index < -0.39 is 16.1 Å². The molecule has 8 heteroatoms. The zero-order valence-corrected chi connectivity index (χ0v) is 13.8. The van der Waals surface area contributed by atoms with Gasteiger partial charge in [-0.1, -0.05) is 0 Å². The highest BCUT2D eigenvalue weighted by atomic mass is 32.2. The fourth-order valence-corrected chi connectivity index (χ4v) is 3.27. The highest BCUT2D eigenvalue weighted by molar-refractivity contribution is 7.89. The second-order valence-corrected chi connectivity index (χ2v) is 8.13. The molecule has 1 saturated heterocycles. The van der Waals surface area contributed by atoms with E-state index >= 15 is 0 Å². The summed E-state index contributed by atoms with van der Waals surface area (Å²) in [6.45, 7) is 1.78. The molecule has 22 heavy (non-hydrogen) atoms. The van der Waals surface area contributed by atoms with E-state index in [1.165, 1.54) is 0 Å². The molecular weight excluding hydrogens is 308 g/mol. The van der Waals surface area contributed by atoms with Crippen molar-refractivity contribution in [2.24, 2.45) is 5.92 Å². The third-order valence-corrected chi connectivity index (χ3v) is 5.64. The van der Waals surface area contributed by atoms with Crippen molar-refractivity contribution in [3.8, 4) is 0 Å². The maximum atomic E-state index is 11.8. The van der Waals surface area contributed by atoms with Crippen molar-refractivity contribution in [2.75, 3.05) is 18.9 Å². The van der Waals surface area contributed by atoms with Crippen LogP contribution in [-0.2, 0) is 19.6 Å². The Hall–Kier alpha value is -0.700. The lowest BCUT2D eigenvalue weighted by Crippen LogP contribution is -2.51. The van der Waals surface area contributed by atoms with E-state index in [9.17, 15) is 18.3 Å². The van der Waals surface area contributed by atoms with Gasteiger partial charge in [-0.2, -0.15) is 0 Å². The first-order chi connectivity index (χ1) is 10.4. The number of carbonyl (C=O) groups is 1. The van der Waals surface area contributed by atoms with E-state index in [-0.39, 0.29) is 36.3 Å². The summed E-state index contributed by atoms with van der Waals surface area (Å²) in [6.07, 6.45) is 3.45. The molecule has 0 radical (unpaired) electrons. The molecule has 0 unspecified atom stereocenters. The fourth-order valence-electron chi connectivity index (χ4n) is 2.63. The Bertz CT molecular complexity index is 478. The topological polar surface area (TPSA) is 105 Å². The standard InChI is InChI=1S/C14H26N2O5S/c1-2-22(19,20)15-8-7-11-5-6-12(13(9-17)21-11)16-14(18)10-3-4-10/h10-13,15,17H,2-9H2,1H3,(H,16,18)/t11-,12+,13+/m1/s1. The molecule has 1 amide bonds. The van der Waals surface area contributed by atoms with Crippen LogP contribution in [0.5, 0.6) is 0 Å². The molecule has 0 aromatic carbocycles. The maximum Gasteiger partial charge on any atom is 0.223 e. The molecule has 2 rings (SSSR count). The second-order valence-electron chi connectivity index (χ2n) is 6.03. The minimum absolute atomic E-state index is 0.0567. The van der Waals surface area contributed by atoms with E-state index in [0.717, 1.165) is 25.7 Å². The van der Waals surface area contributed by atoms with Gasteiger partial charge < -0.3 is 15.2 Å². The number of carbonyl (C=O) groups excluding carboxylic acids is 1. The molecule has 2 fully saturated rings. The van der Waals surface area contributed by atoms with E-state index in [1.54, 1.807) is 6.92 Å². The van der Waals surface area contributed by atoms with Crippen LogP contribution in [0.3, 0.4) is 0 Å². The first kappa shape index (κ1) is 17.7. The van der Waals surface area contributed by atoms with Crippen molar-refractivity contribution in [1.82, 2.24) is 10.0 Å². The van der Waals surface area contributed by atoms with Gasteiger partial charge in [0.1, 0.15) is 6.10 Å². The van der Waals surface area contributed by atoms with Crippen molar-refractivity contribution >= 4 is 15.9 Å². The van der Waals surface area contributed by atoms with Crippen LogP contribution in [-0.4, -0.2) is 56.6 Å². The fraction of sp³-hybridized carbons (Fsp3) is 0.929. The molecule has 0 aromatic rings. The Labute approximate surface area is 131 Å². The second kappa shape index (κ2) is 7.72. The van der Waals surface area contributed by atoms with Gasteiger partial charge in [0.2, 0.25) is 15.9 Å². The lowest BCUT2D eigenvalue weighted by molar-refractivity contribution is -0.129. The van der Waals surface area contributed by atoms with Gasteiger partial charge in [0, 0.05) is 12.5 Å². The summed E-state index contributed by atoms with van der Waals surface area (Å²) < 4.78 is 31.0. The lowest BCUT2D eigenvalue weighted by Gasteiger charge is -2.36. The van der Waals surface area contributed by atoms with Crippen LogP contribution in [0.25, 0.3) is 0 Å². The highest BCUT2D eigenvalue weighted by Gasteiger charge is 2.36. The van der Waals surface area contributed by atoms with Gasteiger partial charge in [-0.05, 0) is 39.0 Å². The molecule has 3 N–H and O–H groups in total. The average molecular weight is 334 g/mol. The molecule has 2 aliphatic rings. The van der Waals surface area contributed by atoms with Crippen molar-refractivity contribution < 1.29 is 23.1 Å². The number of nitrogens with one attached hydrogen (secondary N) is 2. The zero-order valence-electron chi connectivity index (χ0n) is 13.0. The van der Waals surface area contributed by atoms with Crippen molar-refractivity contribution in [3.63, 3.8) is 0 Å². The third-order valence-electron chi connectivity index (χ3n) is 4.24. The normalized spacial score (nSPS) is 29.3. The smallest absolute Gasteiger partial charge is 0.223 e. The molecule has 1 aliphatic heterocycles. The Morgan fingerprint density at radius 1 is 1.27 bits per heavy atom.